The zero-order valence-electron chi connectivity index (χ0n) is 9.86. The Labute approximate surface area is 119 Å². The molecule has 2 N–H and O–H groups in total. The Morgan fingerprint density at radius 3 is 2.72 bits per heavy atom. The number of carbonyl (C=O) groups is 1. The molecule has 0 aliphatic rings. The van der Waals surface area contributed by atoms with E-state index >= 15 is 0 Å². The van der Waals surface area contributed by atoms with Crippen LogP contribution in [0, 0.1) is 10.5 Å². The Morgan fingerprint density at radius 1 is 1.44 bits per heavy atom. The molecule has 100 valence electrons. The van der Waals surface area contributed by atoms with Gasteiger partial charge in [-0.25, -0.2) is 9.52 Å². The minimum atomic E-state index is -3.97. The van der Waals surface area contributed by atoms with Crippen molar-refractivity contribution >= 4 is 44.6 Å². The van der Waals surface area contributed by atoms with Crippen molar-refractivity contribution in [1.29, 1.82) is 0 Å². The van der Waals surface area contributed by atoms with Gasteiger partial charge in [0.1, 0.15) is 0 Å². The highest BCUT2D eigenvalue weighted by molar-refractivity contribution is 14.1. The van der Waals surface area contributed by atoms with Crippen LogP contribution in [0.1, 0.15) is 12.5 Å². The van der Waals surface area contributed by atoms with Crippen LogP contribution in [-0.4, -0.2) is 21.1 Å². The van der Waals surface area contributed by atoms with Crippen LogP contribution in [0.15, 0.2) is 18.2 Å². The number of halogens is 1. The lowest BCUT2D eigenvalue weighted by atomic mass is 10.2. The molecule has 0 radical (unpaired) electrons. The van der Waals surface area contributed by atoms with Crippen molar-refractivity contribution in [1.82, 2.24) is 4.72 Å². The molecule has 0 aliphatic carbocycles. The molecule has 0 heterocycles. The van der Waals surface area contributed by atoms with E-state index in [2.05, 4.69) is 32.0 Å². The van der Waals surface area contributed by atoms with Crippen molar-refractivity contribution in [2.24, 2.45) is 0 Å². The largest absolute Gasteiger partial charge is 0.449 e. The van der Waals surface area contributed by atoms with Gasteiger partial charge in [-0.1, -0.05) is 6.07 Å². The lowest BCUT2D eigenvalue weighted by Crippen LogP contribution is -2.35. The molecule has 0 aromatic heterocycles. The van der Waals surface area contributed by atoms with Crippen LogP contribution in [0.5, 0.6) is 0 Å². The summed E-state index contributed by atoms with van der Waals surface area (Å²) < 4.78 is 32.6. The third kappa shape index (κ3) is 4.69. The Morgan fingerprint density at radius 2 is 2.11 bits per heavy atom. The summed E-state index contributed by atoms with van der Waals surface area (Å²) in [6.45, 7) is 3.45. The van der Waals surface area contributed by atoms with E-state index in [-0.39, 0.29) is 6.61 Å². The van der Waals surface area contributed by atoms with Gasteiger partial charge in [0, 0.05) is 3.57 Å². The topological polar surface area (TPSA) is 84.5 Å². The summed E-state index contributed by atoms with van der Waals surface area (Å²) >= 11 is 2.07. The molecule has 1 aromatic carbocycles. The van der Waals surface area contributed by atoms with Gasteiger partial charge in [0.15, 0.2) is 0 Å². The van der Waals surface area contributed by atoms with E-state index in [4.69, 9.17) is 0 Å². The Kier molecular flexibility index (Phi) is 5.20. The van der Waals surface area contributed by atoms with Gasteiger partial charge in [-0.2, -0.15) is 8.42 Å². The van der Waals surface area contributed by atoms with Gasteiger partial charge >= 0.3 is 16.3 Å². The first-order chi connectivity index (χ1) is 8.34. The number of anilines is 1. The molecule has 0 saturated heterocycles. The summed E-state index contributed by atoms with van der Waals surface area (Å²) in [5.74, 6) is 0. The molecule has 0 bridgehead atoms. The SMILES string of the molecule is CCOC(=O)NS(=O)(=O)Nc1cc(I)ccc1C. The number of rotatable bonds is 4. The van der Waals surface area contributed by atoms with Crippen molar-refractivity contribution in [2.75, 3.05) is 11.3 Å². The standard InChI is InChI=1S/C10H13IN2O4S/c1-3-17-10(14)13-18(15,16)12-9-6-8(11)5-4-7(9)2/h4-6,12H,3H2,1-2H3,(H,13,14). The smallest absolute Gasteiger partial charge is 0.422 e. The van der Waals surface area contributed by atoms with Gasteiger partial charge in [-0.05, 0) is 54.1 Å². The van der Waals surface area contributed by atoms with Crippen LogP contribution in [0.2, 0.25) is 0 Å². The molecule has 0 aliphatic heterocycles. The van der Waals surface area contributed by atoms with Crippen molar-refractivity contribution in [2.45, 2.75) is 13.8 Å². The second kappa shape index (κ2) is 6.23. The van der Waals surface area contributed by atoms with Gasteiger partial charge < -0.3 is 4.74 Å². The van der Waals surface area contributed by atoms with E-state index < -0.39 is 16.3 Å². The minimum Gasteiger partial charge on any atom is -0.449 e. The first-order valence-corrected chi connectivity index (χ1v) is 7.63. The maximum Gasteiger partial charge on any atom is 0.422 e. The summed E-state index contributed by atoms with van der Waals surface area (Å²) in [5, 5.41) is 0. The van der Waals surface area contributed by atoms with Crippen molar-refractivity contribution in [3.05, 3.63) is 27.3 Å². The average Bonchev–Trinajstić information content (AvgIpc) is 2.22. The Hall–Kier alpha value is -1.03. The number of carbonyl (C=O) groups excluding carboxylic acids is 1. The zero-order valence-corrected chi connectivity index (χ0v) is 12.8. The van der Waals surface area contributed by atoms with Gasteiger partial charge in [-0.15, -0.1) is 0 Å². The van der Waals surface area contributed by atoms with E-state index in [1.807, 2.05) is 6.07 Å². The maximum absolute atomic E-state index is 11.6. The highest BCUT2D eigenvalue weighted by atomic mass is 127. The predicted molar refractivity (Wildman–Crippen MR) is 76.6 cm³/mol. The number of nitrogens with one attached hydrogen (secondary N) is 2. The second-order valence-electron chi connectivity index (χ2n) is 3.39. The summed E-state index contributed by atoms with van der Waals surface area (Å²) in [7, 11) is -3.97. The average molecular weight is 384 g/mol. The lowest BCUT2D eigenvalue weighted by molar-refractivity contribution is 0.159. The van der Waals surface area contributed by atoms with Gasteiger partial charge in [0.2, 0.25) is 0 Å². The highest BCUT2D eigenvalue weighted by Crippen LogP contribution is 2.18. The number of benzene rings is 1. The third-order valence-electron chi connectivity index (χ3n) is 1.94. The molecule has 1 rings (SSSR count). The third-order valence-corrected chi connectivity index (χ3v) is 3.53. The minimum absolute atomic E-state index is 0.101. The summed E-state index contributed by atoms with van der Waals surface area (Å²) in [4.78, 5) is 11.0. The zero-order chi connectivity index (χ0) is 13.8. The fourth-order valence-corrected chi connectivity index (χ4v) is 2.47. The number of hydrogen-bond donors (Lipinski definition) is 2. The van der Waals surface area contributed by atoms with Crippen LogP contribution in [0.25, 0.3) is 0 Å². The fraction of sp³-hybridized carbons (Fsp3) is 0.300. The predicted octanol–water partition coefficient (Wildman–Crippen LogP) is 2.00. The Bertz CT molecular complexity index is 545. The molecule has 8 heteroatoms. The second-order valence-corrected chi connectivity index (χ2v) is 6.05. The van der Waals surface area contributed by atoms with E-state index in [9.17, 15) is 13.2 Å². The van der Waals surface area contributed by atoms with Gasteiger partial charge in [0.25, 0.3) is 0 Å². The summed E-state index contributed by atoms with van der Waals surface area (Å²) in [6, 6.07) is 5.30. The van der Waals surface area contributed by atoms with Crippen LogP contribution in [-0.2, 0) is 14.9 Å². The summed E-state index contributed by atoms with van der Waals surface area (Å²) in [5.41, 5.74) is 1.17. The lowest BCUT2D eigenvalue weighted by Gasteiger charge is -2.11. The summed E-state index contributed by atoms with van der Waals surface area (Å²) in [6.07, 6.45) is -1.01. The first kappa shape index (κ1) is 15.0. The van der Waals surface area contributed by atoms with Crippen molar-refractivity contribution in [3.63, 3.8) is 0 Å². The monoisotopic (exact) mass is 384 g/mol. The molecule has 1 amide bonds. The molecule has 0 saturated carbocycles. The van der Waals surface area contributed by atoms with Crippen molar-refractivity contribution < 1.29 is 17.9 Å². The van der Waals surface area contributed by atoms with Gasteiger partial charge in [-0.3, -0.25) is 4.72 Å². The molecule has 0 atom stereocenters. The number of ether oxygens (including phenoxy) is 1. The van der Waals surface area contributed by atoms with Crippen LogP contribution < -0.4 is 9.44 Å². The maximum atomic E-state index is 11.6. The normalized spacial score (nSPS) is 10.8. The molecule has 0 fully saturated rings. The molecule has 18 heavy (non-hydrogen) atoms. The van der Waals surface area contributed by atoms with Crippen molar-refractivity contribution in [3.8, 4) is 0 Å². The molecular weight excluding hydrogens is 371 g/mol. The molecule has 1 aromatic rings. The first-order valence-electron chi connectivity index (χ1n) is 5.07. The number of amides is 1. The molecule has 0 spiro atoms. The van der Waals surface area contributed by atoms with E-state index in [1.165, 1.54) is 0 Å². The molecule has 0 unspecified atom stereocenters. The quantitative estimate of drug-likeness (QED) is 0.778. The number of hydrogen-bond acceptors (Lipinski definition) is 4. The van der Waals surface area contributed by atoms with Crippen LogP contribution in [0.4, 0.5) is 10.5 Å². The Balaban J connectivity index is 2.82. The van der Waals surface area contributed by atoms with E-state index in [0.717, 1.165) is 9.13 Å². The van der Waals surface area contributed by atoms with Gasteiger partial charge in [0.05, 0.1) is 12.3 Å². The van der Waals surface area contributed by atoms with E-state index in [1.54, 1.807) is 30.7 Å². The van der Waals surface area contributed by atoms with Crippen LogP contribution in [0.3, 0.4) is 0 Å². The highest BCUT2D eigenvalue weighted by Gasteiger charge is 2.15. The number of aryl methyl sites for hydroxylation is 1. The molecular formula is C10H13IN2O4S. The van der Waals surface area contributed by atoms with E-state index in [0.29, 0.717) is 5.69 Å². The van der Waals surface area contributed by atoms with Crippen LogP contribution >= 0.6 is 22.6 Å². The molecule has 6 nitrogen and oxygen atoms in total. The fourth-order valence-electron chi connectivity index (χ4n) is 1.14.